The molecule has 4 N–H and O–H groups in total. The van der Waals surface area contributed by atoms with Gasteiger partial charge in [-0.3, -0.25) is 9.78 Å². The van der Waals surface area contributed by atoms with E-state index in [0.29, 0.717) is 11.2 Å². The van der Waals surface area contributed by atoms with E-state index in [0.717, 1.165) is 12.8 Å². The van der Waals surface area contributed by atoms with Gasteiger partial charge in [0.1, 0.15) is 0 Å². The Kier molecular flexibility index (Phi) is 2.75. The minimum atomic E-state index is -0.321. The summed E-state index contributed by atoms with van der Waals surface area (Å²) >= 11 is 1.67. The summed E-state index contributed by atoms with van der Waals surface area (Å²) in [5, 5.41) is 9.54. The summed E-state index contributed by atoms with van der Waals surface area (Å²) < 4.78 is 1.86. The Hall–Kier alpha value is -1.54. The van der Waals surface area contributed by atoms with Gasteiger partial charge in [0.25, 0.3) is 5.56 Å². The number of fused-ring (bicyclic) bond motifs is 1. The van der Waals surface area contributed by atoms with Crippen LogP contribution in [0.5, 0.6) is 0 Å². The molecule has 3 heterocycles. The van der Waals surface area contributed by atoms with E-state index in [1.165, 1.54) is 0 Å². The normalized spacial score (nSPS) is 23.8. The number of aromatic nitrogens is 4. The summed E-state index contributed by atoms with van der Waals surface area (Å²) in [6.45, 7) is 0.171. The van der Waals surface area contributed by atoms with Crippen LogP contribution in [0.1, 0.15) is 18.2 Å². The van der Waals surface area contributed by atoms with Crippen LogP contribution in [0.15, 0.2) is 11.1 Å². The first-order valence-corrected chi connectivity index (χ1v) is 6.62. The second-order valence-corrected chi connectivity index (χ2v) is 5.73. The molecule has 96 valence electrons. The first kappa shape index (κ1) is 11.5. The van der Waals surface area contributed by atoms with Crippen molar-refractivity contribution in [2.75, 3.05) is 12.3 Å². The third kappa shape index (κ3) is 1.77. The van der Waals surface area contributed by atoms with E-state index in [-0.39, 0.29) is 28.7 Å². The smallest absolute Gasteiger partial charge is 0.280 e. The van der Waals surface area contributed by atoms with Gasteiger partial charge in [-0.25, -0.2) is 4.98 Å². The Morgan fingerprint density at radius 1 is 1.61 bits per heavy atom. The highest BCUT2D eigenvalue weighted by molar-refractivity contribution is 8.00. The number of aliphatic hydroxyl groups excluding tert-OH is 1. The predicted molar refractivity (Wildman–Crippen MR) is 69.3 cm³/mol. The zero-order valence-electron chi connectivity index (χ0n) is 9.54. The maximum atomic E-state index is 11.7. The van der Waals surface area contributed by atoms with Crippen LogP contribution in [0.3, 0.4) is 0 Å². The Morgan fingerprint density at radius 3 is 3.17 bits per heavy atom. The molecule has 0 saturated carbocycles. The molecule has 1 unspecified atom stereocenters. The lowest BCUT2D eigenvalue weighted by atomic mass is 10.2. The summed E-state index contributed by atoms with van der Waals surface area (Å²) in [5.41, 5.74) is 6.04. The van der Waals surface area contributed by atoms with Gasteiger partial charge >= 0.3 is 0 Å². The van der Waals surface area contributed by atoms with Gasteiger partial charge in [0.05, 0.1) is 18.3 Å². The highest BCUT2D eigenvalue weighted by atomic mass is 32.2. The van der Waals surface area contributed by atoms with Crippen LogP contribution < -0.4 is 11.3 Å². The molecule has 2 aromatic heterocycles. The van der Waals surface area contributed by atoms with E-state index < -0.39 is 0 Å². The third-order valence-corrected chi connectivity index (χ3v) is 4.60. The van der Waals surface area contributed by atoms with E-state index >= 15 is 0 Å². The second-order valence-electron chi connectivity index (χ2n) is 4.25. The highest BCUT2D eigenvalue weighted by Gasteiger charge is 2.27. The molecule has 2 aromatic rings. The summed E-state index contributed by atoms with van der Waals surface area (Å²) in [5.74, 6) is 0.0935. The molecule has 8 heteroatoms. The zero-order valence-corrected chi connectivity index (χ0v) is 10.4. The molecule has 0 bridgehead atoms. The minimum Gasteiger partial charge on any atom is -0.395 e. The monoisotopic (exact) mass is 267 g/mol. The number of aliphatic hydroxyl groups is 1. The van der Waals surface area contributed by atoms with Crippen LogP contribution >= 0.6 is 11.8 Å². The number of imidazole rings is 1. The number of nitrogens with one attached hydrogen (secondary N) is 1. The van der Waals surface area contributed by atoms with E-state index in [1.807, 2.05) is 4.57 Å². The number of anilines is 1. The van der Waals surface area contributed by atoms with Crippen LogP contribution in [-0.2, 0) is 0 Å². The van der Waals surface area contributed by atoms with Gasteiger partial charge in [-0.1, -0.05) is 0 Å². The van der Waals surface area contributed by atoms with Crippen molar-refractivity contribution in [1.82, 2.24) is 19.5 Å². The molecule has 1 saturated heterocycles. The fourth-order valence-corrected chi connectivity index (χ4v) is 3.54. The van der Waals surface area contributed by atoms with Crippen LogP contribution in [0.2, 0.25) is 0 Å². The van der Waals surface area contributed by atoms with E-state index in [4.69, 9.17) is 10.8 Å². The molecule has 0 aromatic carbocycles. The number of aromatic amines is 1. The molecule has 3 rings (SSSR count). The van der Waals surface area contributed by atoms with Crippen molar-refractivity contribution in [2.24, 2.45) is 0 Å². The molecule has 7 nitrogen and oxygen atoms in total. The maximum Gasteiger partial charge on any atom is 0.280 e. The first-order valence-electron chi connectivity index (χ1n) is 5.67. The third-order valence-electron chi connectivity index (χ3n) is 3.05. The number of hydrogen-bond donors (Lipinski definition) is 3. The van der Waals surface area contributed by atoms with Crippen molar-refractivity contribution >= 4 is 28.9 Å². The molecule has 0 aliphatic carbocycles. The van der Waals surface area contributed by atoms with Crippen molar-refractivity contribution in [3.8, 4) is 0 Å². The minimum absolute atomic E-state index is 0.0935. The fraction of sp³-hybridized carbons (Fsp3) is 0.500. The van der Waals surface area contributed by atoms with Gasteiger partial charge in [0.2, 0.25) is 5.95 Å². The summed E-state index contributed by atoms with van der Waals surface area (Å²) in [6, 6.07) is 0. The average molecular weight is 267 g/mol. The Labute approximate surface area is 106 Å². The largest absolute Gasteiger partial charge is 0.395 e. The SMILES string of the molecule is Nc1nc2c(ncn2C2CC[C@@H](CO)S2)c(=O)[nH]1. The van der Waals surface area contributed by atoms with Crippen molar-refractivity contribution in [3.05, 3.63) is 16.7 Å². The Balaban J connectivity index is 2.05. The summed E-state index contributed by atoms with van der Waals surface area (Å²) in [4.78, 5) is 22.3. The van der Waals surface area contributed by atoms with Gasteiger partial charge < -0.3 is 15.4 Å². The molecule has 0 spiro atoms. The lowest BCUT2D eigenvalue weighted by Crippen LogP contribution is -2.12. The highest BCUT2D eigenvalue weighted by Crippen LogP contribution is 2.41. The number of nitrogens with two attached hydrogens (primary N) is 1. The topological polar surface area (TPSA) is 110 Å². The van der Waals surface area contributed by atoms with E-state index in [9.17, 15) is 4.79 Å². The molecule has 0 radical (unpaired) electrons. The van der Waals surface area contributed by atoms with Gasteiger partial charge in [-0.15, -0.1) is 11.8 Å². The van der Waals surface area contributed by atoms with Crippen molar-refractivity contribution in [3.63, 3.8) is 0 Å². The molecule has 1 aliphatic rings. The van der Waals surface area contributed by atoms with Crippen LogP contribution in [-0.4, -0.2) is 36.5 Å². The van der Waals surface area contributed by atoms with Crippen molar-refractivity contribution in [2.45, 2.75) is 23.5 Å². The quantitative estimate of drug-likeness (QED) is 0.711. The molecule has 1 fully saturated rings. The lowest BCUT2D eigenvalue weighted by Gasteiger charge is -2.12. The van der Waals surface area contributed by atoms with Gasteiger partial charge in [-0.2, -0.15) is 4.98 Å². The summed E-state index contributed by atoms with van der Waals surface area (Å²) in [6.07, 6.45) is 3.49. The average Bonchev–Trinajstić information content (AvgIpc) is 2.93. The van der Waals surface area contributed by atoms with Gasteiger partial charge in [0.15, 0.2) is 11.2 Å². The molecular formula is C10H13N5O2S. The molecule has 18 heavy (non-hydrogen) atoms. The standard InChI is InChI=1S/C10H13N5O2S/c11-10-13-8-7(9(17)14-10)12-4-15(8)6-2-1-5(3-16)18-6/h4-6,16H,1-3H2,(H3,11,13,14,17)/t5-,6?/m0/s1. The fourth-order valence-electron chi connectivity index (χ4n) is 2.18. The molecule has 0 amide bonds. The Bertz CT molecular complexity index is 637. The van der Waals surface area contributed by atoms with Crippen LogP contribution in [0.4, 0.5) is 5.95 Å². The second kappa shape index (κ2) is 4.29. The predicted octanol–water partition coefficient (Wildman–Crippen LogP) is 0.0883. The lowest BCUT2D eigenvalue weighted by molar-refractivity contribution is 0.292. The number of thioether (sulfide) groups is 1. The molecule has 2 atom stereocenters. The molecule has 1 aliphatic heterocycles. The summed E-state index contributed by atoms with van der Waals surface area (Å²) in [7, 11) is 0. The number of nitrogens with zero attached hydrogens (tertiary/aromatic N) is 3. The number of H-pyrrole nitrogens is 1. The molecular weight excluding hydrogens is 254 g/mol. The number of hydrogen-bond acceptors (Lipinski definition) is 6. The van der Waals surface area contributed by atoms with E-state index in [1.54, 1.807) is 18.1 Å². The number of nitrogen functional groups attached to an aromatic ring is 1. The maximum absolute atomic E-state index is 11.7. The zero-order chi connectivity index (χ0) is 12.7. The van der Waals surface area contributed by atoms with E-state index in [2.05, 4.69) is 15.0 Å². The van der Waals surface area contributed by atoms with Crippen molar-refractivity contribution < 1.29 is 5.11 Å². The Morgan fingerprint density at radius 2 is 2.44 bits per heavy atom. The number of rotatable bonds is 2. The van der Waals surface area contributed by atoms with Gasteiger partial charge in [-0.05, 0) is 12.8 Å². The van der Waals surface area contributed by atoms with Crippen LogP contribution in [0, 0.1) is 0 Å². The first-order chi connectivity index (χ1) is 8.69. The van der Waals surface area contributed by atoms with Crippen LogP contribution in [0.25, 0.3) is 11.2 Å². The van der Waals surface area contributed by atoms with Crippen molar-refractivity contribution in [1.29, 1.82) is 0 Å². The van der Waals surface area contributed by atoms with Gasteiger partial charge in [0, 0.05) is 5.25 Å².